The Hall–Kier alpha value is -2.56. The second-order valence-electron chi connectivity index (χ2n) is 4.68. The molecule has 108 valence electrons. The summed E-state index contributed by atoms with van der Waals surface area (Å²) in [5.74, 6) is -0.876. The third-order valence-corrected chi connectivity index (χ3v) is 3.29. The molecule has 0 saturated carbocycles. The van der Waals surface area contributed by atoms with Crippen LogP contribution in [-0.4, -0.2) is 24.3 Å². The molecule has 0 saturated heterocycles. The summed E-state index contributed by atoms with van der Waals surface area (Å²) < 4.78 is 25.4. The molecule has 21 heavy (non-hydrogen) atoms. The van der Waals surface area contributed by atoms with E-state index < -0.39 is 11.8 Å². The van der Waals surface area contributed by atoms with Crippen LogP contribution in [0.1, 0.15) is 16.8 Å². The molecule has 0 amide bonds. The van der Waals surface area contributed by atoms with E-state index in [1.54, 1.807) is 24.3 Å². The van der Waals surface area contributed by atoms with E-state index in [0.717, 1.165) is 6.42 Å². The first-order valence-corrected chi connectivity index (χ1v) is 6.58. The van der Waals surface area contributed by atoms with Crippen LogP contribution < -0.4 is 9.47 Å². The van der Waals surface area contributed by atoms with Gasteiger partial charge in [0.15, 0.2) is 11.5 Å². The van der Waals surface area contributed by atoms with Crippen LogP contribution in [0.2, 0.25) is 0 Å². The van der Waals surface area contributed by atoms with Crippen LogP contribution in [0.3, 0.4) is 0 Å². The van der Waals surface area contributed by atoms with Crippen molar-refractivity contribution in [2.75, 3.05) is 13.2 Å². The number of carboxylic acid groups (broad SMARTS) is 1. The van der Waals surface area contributed by atoms with Crippen molar-refractivity contribution in [2.24, 2.45) is 0 Å². The van der Waals surface area contributed by atoms with Crippen molar-refractivity contribution in [1.82, 2.24) is 0 Å². The summed E-state index contributed by atoms with van der Waals surface area (Å²) in [5.41, 5.74) is 0.435. The Kier molecular flexibility index (Phi) is 3.48. The van der Waals surface area contributed by atoms with E-state index in [4.69, 9.17) is 14.6 Å². The standard InChI is InChI=1S/C16H13FO4/c17-15-11(3-1-4-12(15)16(18)19)10-5-6-13-14(9-10)21-8-2-7-20-13/h1,3-6,9H,2,7-8H2,(H,18,19). The summed E-state index contributed by atoms with van der Waals surface area (Å²) in [4.78, 5) is 11.0. The maximum absolute atomic E-state index is 14.3. The lowest BCUT2D eigenvalue weighted by Gasteiger charge is -2.11. The minimum Gasteiger partial charge on any atom is -0.490 e. The van der Waals surface area contributed by atoms with Crippen molar-refractivity contribution in [1.29, 1.82) is 0 Å². The third-order valence-electron chi connectivity index (χ3n) is 3.29. The molecule has 0 fully saturated rings. The molecule has 5 heteroatoms. The Morgan fingerprint density at radius 2 is 1.86 bits per heavy atom. The van der Waals surface area contributed by atoms with E-state index in [0.29, 0.717) is 30.3 Å². The normalized spacial score (nSPS) is 13.6. The molecule has 0 aliphatic carbocycles. The van der Waals surface area contributed by atoms with Gasteiger partial charge in [0.2, 0.25) is 0 Å². The van der Waals surface area contributed by atoms with Gasteiger partial charge >= 0.3 is 5.97 Å². The van der Waals surface area contributed by atoms with Crippen LogP contribution in [0, 0.1) is 5.82 Å². The van der Waals surface area contributed by atoms with Gasteiger partial charge in [0.25, 0.3) is 0 Å². The lowest BCUT2D eigenvalue weighted by Crippen LogP contribution is -2.01. The average Bonchev–Trinajstić information content (AvgIpc) is 2.71. The molecule has 0 bridgehead atoms. The minimum absolute atomic E-state index is 0.227. The Morgan fingerprint density at radius 3 is 2.62 bits per heavy atom. The molecule has 0 aromatic heterocycles. The molecule has 4 nitrogen and oxygen atoms in total. The van der Waals surface area contributed by atoms with Crippen molar-refractivity contribution in [3.05, 3.63) is 47.8 Å². The number of carboxylic acids is 1. The molecule has 0 radical (unpaired) electrons. The number of aromatic carboxylic acids is 1. The Balaban J connectivity index is 2.07. The fourth-order valence-corrected chi connectivity index (χ4v) is 2.25. The van der Waals surface area contributed by atoms with Crippen LogP contribution >= 0.6 is 0 Å². The lowest BCUT2D eigenvalue weighted by molar-refractivity contribution is 0.0692. The van der Waals surface area contributed by atoms with Gasteiger partial charge in [-0.25, -0.2) is 9.18 Å². The predicted octanol–water partition coefficient (Wildman–Crippen LogP) is 3.35. The highest BCUT2D eigenvalue weighted by atomic mass is 19.1. The topological polar surface area (TPSA) is 55.8 Å². The van der Waals surface area contributed by atoms with Crippen LogP contribution in [0.4, 0.5) is 4.39 Å². The van der Waals surface area contributed by atoms with Crippen LogP contribution in [0.15, 0.2) is 36.4 Å². The fraction of sp³-hybridized carbons (Fsp3) is 0.188. The number of fused-ring (bicyclic) bond motifs is 1. The third kappa shape index (κ3) is 2.54. The molecule has 0 spiro atoms. The van der Waals surface area contributed by atoms with Crippen LogP contribution in [0.25, 0.3) is 11.1 Å². The van der Waals surface area contributed by atoms with E-state index in [2.05, 4.69) is 0 Å². The molecule has 2 aromatic rings. The maximum Gasteiger partial charge on any atom is 0.338 e. The van der Waals surface area contributed by atoms with Gasteiger partial charge in [0, 0.05) is 12.0 Å². The first-order valence-electron chi connectivity index (χ1n) is 6.58. The Morgan fingerprint density at radius 1 is 1.10 bits per heavy atom. The van der Waals surface area contributed by atoms with E-state index in [1.807, 2.05) is 0 Å². The van der Waals surface area contributed by atoms with Gasteiger partial charge in [-0.1, -0.05) is 18.2 Å². The molecular weight excluding hydrogens is 275 g/mol. The second-order valence-corrected chi connectivity index (χ2v) is 4.68. The highest BCUT2D eigenvalue weighted by molar-refractivity contribution is 5.90. The molecule has 3 rings (SSSR count). The summed E-state index contributed by atoms with van der Waals surface area (Å²) in [7, 11) is 0. The molecule has 1 aliphatic rings. The summed E-state index contributed by atoms with van der Waals surface area (Å²) in [6, 6.07) is 9.38. The summed E-state index contributed by atoms with van der Waals surface area (Å²) >= 11 is 0. The molecule has 0 unspecified atom stereocenters. The summed E-state index contributed by atoms with van der Waals surface area (Å²) in [6.07, 6.45) is 0.785. The zero-order valence-corrected chi connectivity index (χ0v) is 11.1. The van der Waals surface area contributed by atoms with Gasteiger partial charge < -0.3 is 14.6 Å². The zero-order chi connectivity index (χ0) is 14.8. The number of rotatable bonds is 2. The quantitative estimate of drug-likeness (QED) is 0.920. The smallest absolute Gasteiger partial charge is 0.338 e. The molecular formula is C16H13FO4. The fourth-order valence-electron chi connectivity index (χ4n) is 2.25. The number of ether oxygens (including phenoxy) is 2. The van der Waals surface area contributed by atoms with Crippen molar-refractivity contribution in [3.8, 4) is 22.6 Å². The molecule has 1 heterocycles. The van der Waals surface area contributed by atoms with E-state index in [1.165, 1.54) is 12.1 Å². The molecule has 1 aliphatic heterocycles. The van der Waals surface area contributed by atoms with E-state index in [9.17, 15) is 9.18 Å². The zero-order valence-electron chi connectivity index (χ0n) is 11.1. The van der Waals surface area contributed by atoms with Crippen molar-refractivity contribution < 1.29 is 23.8 Å². The van der Waals surface area contributed by atoms with Gasteiger partial charge in [-0.3, -0.25) is 0 Å². The van der Waals surface area contributed by atoms with Gasteiger partial charge in [-0.2, -0.15) is 0 Å². The first kappa shape index (κ1) is 13.4. The van der Waals surface area contributed by atoms with Crippen LogP contribution in [-0.2, 0) is 0 Å². The van der Waals surface area contributed by atoms with Crippen molar-refractivity contribution in [2.45, 2.75) is 6.42 Å². The average molecular weight is 288 g/mol. The number of halogens is 1. The van der Waals surface area contributed by atoms with Crippen molar-refractivity contribution >= 4 is 5.97 Å². The van der Waals surface area contributed by atoms with Gasteiger partial charge in [0.1, 0.15) is 5.82 Å². The van der Waals surface area contributed by atoms with E-state index in [-0.39, 0.29) is 11.1 Å². The monoisotopic (exact) mass is 288 g/mol. The highest BCUT2D eigenvalue weighted by Gasteiger charge is 2.17. The second kappa shape index (κ2) is 5.44. The molecule has 2 aromatic carbocycles. The maximum atomic E-state index is 14.3. The highest BCUT2D eigenvalue weighted by Crippen LogP contribution is 2.35. The Bertz CT molecular complexity index is 697. The Labute approximate surface area is 120 Å². The predicted molar refractivity (Wildman–Crippen MR) is 74.4 cm³/mol. The molecule has 0 atom stereocenters. The minimum atomic E-state index is -1.29. The first-order chi connectivity index (χ1) is 10.2. The number of hydrogen-bond acceptors (Lipinski definition) is 3. The van der Waals surface area contributed by atoms with Crippen LogP contribution in [0.5, 0.6) is 11.5 Å². The largest absolute Gasteiger partial charge is 0.490 e. The van der Waals surface area contributed by atoms with E-state index >= 15 is 0 Å². The van der Waals surface area contributed by atoms with Crippen molar-refractivity contribution in [3.63, 3.8) is 0 Å². The van der Waals surface area contributed by atoms with Gasteiger partial charge in [-0.15, -0.1) is 0 Å². The summed E-state index contributed by atoms with van der Waals surface area (Å²) in [6.45, 7) is 1.11. The SMILES string of the molecule is O=C(O)c1cccc(-c2ccc3c(c2)OCCCO3)c1F. The number of hydrogen-bond donors (Lipinski definition) is 1. The lowest BCUT2D eigenvalue weighted by atomic mass is 10.0. The number of carbonyl (C=O) groups is 1. The number of benzene rings is 2. The molecule has 1 N–H and O–H groups in total. The summed E-state index contributed by atoms with van der Waals surface area (Å²) in [5, 5.41) is 8.98. The van der Waals surface area contributed by atoms with Gasteiger partial charge in [-0.05, 0) is 23.8 Å². The van der Waals surface area contributed by atoms with Gasteiger partial charge in [0.05, 0.1) is 18.8 Å².